The fraction of sp³-hybridized carbons (Fsp3) is 0.320. The Morgan fingerprint density at radius 3 is 2.50 bits per heavy atom. The van der Waals surface area contributed by atoms with Gasteiger partial charge in [0.1, 0.15) is 5.41 Å². The molecular formula is C25H28N6O3. The number of pyridine rings is 1. The minimum Gasteiger partial charge on any atom is -0.348 e. The van der Waals surface area contributed by atoms with Gasteiger partial charge in [0.05, 0.1) is 16.9 Å². The lowest BCUT2D eigenvalue weighted by molar-refractivity contribution is -0.136. The number of aromatic nitrogens is 3. The molecule has 9 nitrogen and oxygen atoms in total. The summed E-state index contributed by atoms with van der Waals surface area (Å²) < 4.78 is 1.54. The lowest BCUT2D eigenvalue weighted by Crippen LogP contribution is -2.56. The Morgan fingerprint density at radius 1 is 1.06 bits per heavy atom. The summed E-state index contributed by atoms with van der Waals surface area (Å²) in [4.78, 5) is 47.4. The Kier molecular flexibility index (Phi) is 6.45. The third-order valence-corrected chi connectivity index (χ3v) is 6.10. The molecule has 1 N–H and O–H groups in total. The fourth-order valence-electron chi connectivity index (χ4n) is 4.47. The van der Waals surface area contributed by atoms with E-state index in [0.29, 0.717) is 36.3 Å². The predicted molar refractivity (Wildman–Crippen MR) is 127 cm³/mol. The lowest BCUT2D eigenvalue weighted by atomic mass is 9.75. The van der Waals surface area contributed by atoms with E-state index in [0.717, 1.165) is 0 Å². The number of amides is 3. The van der Waals surface area contributed by atoms with Gasteiger partial charge >= 0.3 is 0 Å². The zero-order valence-corrected chi connectivity index (χ0v) is 19.6. The van der Waals surface area contributed by atoms with Crippen LogP contribution in [-0.2, 0) is 17.3 Å². The summed E-state index contributed by atoms with van der Waals surface area (Å²) in [6.07, 6.45) is 4.61. The monoisotopic (exact) mass is 460 g/mol. The first-order valence-electron chi connectivity index (χ1n) is 11.1. The van der Waals surface area contributed by atoms with Gasteiger partial charge in [-0.3, -0.25) is 24.0 Å². The highest BCUT2D eigenvalue weighted by Gasteiger charge is 2.47. The number of likely N-dealkylation sites (tertiary alicyclic amines) is 1. The number of para-hydroxylation sites is 1. The van der Waals surface area contributed by atoms with Gasteiger partial charge in [0, 0.05) is 46.6 Å². The molecule has 0 bridgehead atoms. The van der Waals surface area contributed by atoms with Crippen molar-refractivity contribution in [1.29, 1.82) is 0 Å². The Labute approximate surface area is 198 Å². The summed E-state index contributed by atoms with van der Waals surface area (Å²) in [5, 5.41) is 6.92. The first-order valence-corrected chi connectivity index (χ1v) is 11.1. The molecule has 1 aromatic carbocycles. The van der Waals surface area contributed by atoms with Crippen LogP contribution in [0.25, 0.3) is 0 Å². The van der Waals surface area contributed by atoms with Crippen molar-refractivity contribution in [3.05, 3.63) is 77.9 Å². The van der Waals surface area contributed by atoms with Crippen LogP contribution in [0.1, 0.15) is 39.4 Å². The van der Waals surface area contributed by atoms with Gasteiger partial charge in [-0.05, 0) is 43.2 Å². The minimum absolute atomic E-state index is 0.0829. The highest BCUT2D eigenvalue weighted by Crippen LogP contribution is 2.35. The maximum absolute atomic E-state index is 13.7. The van der Waals surface area contributed by atoms with E-state index in [2.05, 4.69) is 15.4 Å². The second-order valence-corrected chi connectivity index (χ2v) is 8.70. The first kappa shape index (κ1) is 23.2. The van der Waals surface area contributed by atoms with Crippen LogP contribution in [0.2, 0.25) is 0 Å². The molecule has 0 radical (unpaired) electrons. The van der Waals surface area contributed by atoms with Crippen molar-refractivity contribution in [1.82, 2.24) is 24.6 Å². The number of nitrogens with one attached hydrogen (secondary N) is 1. The molecule has 1 saturated heterocycles. The molecule has 1 aliphatic heterocycles. The van der Waals surface area contributed by atoms with E-state index in [9.17, 15) is 14.4 Å². The van der Waals surface area contributed by atoms with E-state index >= 15 is 0 Å². The summed E-state index contributed by atoms with van der Waals surface area (Å²) in [5.74, 6) is -0.728. The molecule has 176 valence electrons. The number of benzene rings is 1. The van der Waals surface area contributed by atoms with Crippen molar-refractivity contribution < 1.29 is 14.4 Å². The third-order valence-electron chi connectivity index (χ3n) is 6.10. The molecule has 34 heavy (non-hydrogen) atoms. The van der Waals surface area contributed by atoms with Crippen LogP contribution >= 0.6 is 0 Å². The van der Waals surface area contributed by atoms with Gasteiger partial charge in [0.15, 0.2) is 5.69 Å². The molecule has 0 aliphatic carbocycles. The van der Waals surface area contributed by atoms with Crippen LogP contribution in [-0.4, -0.2) is 69.5 Å². The van der Waals surface area contributed by atoms with E-state index in [4.69, 9.17) is 0 Å². The molecule has 1 aliphatic rings. The second kappa shape index (κ2) is 9.46. The third kappa shape index (κ3) is 4.41. The van der Waals surface area contributed by atoms with Gasteiger partial charge in [0.25, 0.3) is 11.8 Å². The summed E-state index contributed by atoms with van der Waals surface area (Å²) in [6.45, 7) is 0.721. The van der Waals surface area contributed by atoms with Crippen molar-refractivity contribution in [3.8, 4) is 0 Å². The van der Waals surface area contributed by atoms with Crippen molar-refractivity contribution in [2.75, 3.05) is 32.5 Å². The largest absolute Gasteiger partial charge is 0.348 e. The van der Waals surface area contributed by atoms with E-state index in [1.54, 1.807) is 78.4 Å². The molecular weight excluding hydrogens is 432 g/mol. The van der Waals surface area contributed by atoms with Gasteiger partial charge in [-0.25, -0.2) is 0 Å². The molecule has 4 rings (SSSR count). The molecule has 3 heterocycles. The summed E-state index contributed by atoms with van der Waals surface area (Å²) in [7, 11) is 5.17. The SMILES string of the molecule is CN(C)C(=O)[C@@]1(c2ccccn2)CCCN(C(=O)c2ccccc2NC(=O)c2ccn(C)n2)C1. The van der Waals surface area contributed by atoms with Crippen LogP contribution in [0.15, 0.2) is 60.9 Å². The van der Waals surface area contributed by atoms with Crippen molar-refractivity contribution in [2.45, 2.75) is 18.3 Å². The standard InChI is InChI=1S/C25H28N6O3/c1-29(2)24(34)25(21-11-6-7-14-26-21)13-8-15-31(17-25)23(33)18-9-4-5-10-19(18)27-22(32)20-12-16-30(3)28-20/h4-7,9-12,14,16H,8,13,15,17H2,1-3H3,(H,27,32)/t25-/m0/s1. The smallest absolute Gasteiger partial charge is 0.276 e. The zero-order chi connectivity index (χ0) is 24.3. The molecule has 2 aromatic heterocycles. The van der Waals surface area contributed by atoms with Crippen molar-refractivity contribution >= 4 is 23.4 Å². The van der Waals surface area contributed by atoms with Crippen molar-refractivity contribution in [2.24, 2.45) is 7.05 Å². The van der Waals surface area contributed by atoms with E-state index in [-0.39, 0.29) is 24.1 Å². The second-order valence-electron chi connectivity index (χ2n) is 8.70. The molecule has 0 unspecified atom stereocenters. The Morgan fingerprint density at radius 2 is 1.82 bits per heavy atom. The number of rotatable bonds is 5. The van der Waals surface area contributed by atoms with E-state index in [1.165, 1.54) is 0 Å². The minimum atomic E-state index is -0.926. The topological polar surface area (TPSA) is 100 Å². The van der Waals surface area contributed by atoms with Gasteiger partial charge in [-0.1, -0.05) is 18.2 Å². The van der Waals surface area contributed by atoms with Crippen LogP contribution in [0, 0.1) is 0 Å². The number of nitrogens with zero attached hydrogens (tertiary/aromatic N) is 5. The number of aryl methyl sites for hydroxylation is 1. The molecule has 9 heteroatoms. The average molecular weight is 461 g/mol. The van der Waals surface area contributed by atoms with Crippen molar-refractivity contribution in [3.63, 3.8) is 0 Å². The van der Waals surface area contributed by atoms with Gasteiger partial charge < -0.3 is 15.1 Å². The summed E-state index contributed by atoms with van der Waals surface area (Å²) in [5.41, 5.74) is 0.749. The number of anilines is 1. The van der Waals surface area contributed by atoms with E-state index < -0.39 is 11.3 Å². The number of carbonyl (C=O) groups is 3. The Hall–Kier alpha value is -4.01. The Bertz CT molecular complexity index is 1210. The van der Waals surface area contributed by atoms with Crippen LogP contribution < -0.4 is 5.32 Å². The normalized spacial score (nSPS) is 17.8. The maximum Gasteiger partial charge on any atom is 0.276 e. The summed E-state index contributed by atoms with van der Waals surface area (Å²) >= 11 is 0. The number of hydrogen-bond donors (Lipinski definition) is 1. The number of piperidine rings is 1. The quantitative estimate of drug-likeness (QED) is 0.630. The molecule has 0 saturated carbocycles. The number of hydrogen-bond acceptors (Lipinski definition) is 5. The molecule has 1 fully saturated rings. The summed E-state index contributed by atoms with van der Waals surface area (Å²) in [6, 6.07) is 14.0. The highest BCUT2D eigenvalue weighted by molar-refractivity contribution is 6.08. The van der Waals surface area contributed by atoms with Crippen LogP contribution in [0.5, 0.6) is 0 Å². The van der Waals surface area contributed by atoms with E-state index in [1.807, 2.05) is 18.2 Å². The average Bonchev–Trinajstić information content (AvgIpc) is 3.30. The zero-order valence-electron chi connectivity index (χ0n) is 19.6. The highest BCUT2D eigenvalue weighted by atomic mass is 16.2. The van der Waals surface area contributed by atoms with Gasteiger partial charge in [0.2, 0.25) is 5.91 Å². The fourth-order valence-corrected chi connectivity index (χ4v) is 4.47. The van der Waals surface area contributed by atoms with Gasteiger partial charge in [-0.15, -0.1) is 0 Å². The van der Waals surface area contributed by atoms with Crippen LogP contribution in [0.3, 0.4) is 0 Å². The van der Waals surface area contributed by atoms with Gasteiger partial charge in [-0.2, -0.15) is 5.10 Å². The number of likely N-dealkylation sites (N-methyl/N-ethyl adjacent to an activating group) is 1. The van der Waals surface area contributed by atoms with Crippen LogP contribution in [0.4, 0.5) is 5.69 Å². The predicted octanol–water partition coefficient (Wildman–Crippen LogP) is 2.33. The first-order chi connectivity index (χ1) is 16.3. The molecule has 0 spiro atoms. The maximum atomic E-state index is 13.7. The number of carbonyl (C=O) groups excluding carboxylic acids is 3. The molecule has 3 amide bonds. The lowest BCUT2D eigenvalue weighted by Gasteiger charge is -2.42. The molecule has 1 atom stereocenters. The molecule has 3 aromatic rings. The Balaban J connectivity index is 1.63.